The lowest BCUT2D eigenvalue weighted by Gasteiger charge is -2.18. The first-order valence-corrected chi connectivity index (χ1v) is 13.2. The predicted molar refractivity (Wildman–Crippen MR) is 149 cm³/mol. The lowest BCUT2D eigenvalue weighted by Crippen LogP contribution is -2.32. The molecule has 0 radical (unpaired) electrons. The van der Waals surface area contributed by atoms with Crippen LogP contribution in [0.3, 0.4) is 0 Å². The number of anilines is 1. The summed E-state index contributed by atoms with van der Waals surface area (Å²) >= 11 is 0. The van der Waals surface area contributed by atoms with Crippen LogP contribution in [0.2, 0.25) is 0 Å². The van der Waals surface area contributed by atoms with Crippen LogP contribution in [0.1, 0.15) is 77.3 Å². The molecule has 34 heavy (non-hydrogen) atoms. The molecule has 3 rings (SSSR count). The quantitative estimate of drug-likeness (QED) is 0.352. The molecule has 2 heterocycles. The fourth-order valence-corrected chi connectivity index (χ4v) is 4.88. The van der Waals surface area contributed by atoms with Crippen LogP contribution < -0.4 is 16.1 Å². The van der Waals surface area contributed by atoms with Gasteiger partial charge in [0.15, 0.2) is 13.7 Å². The summed E-state index contributed by atoms with van der Waals surface area (Å²) in [7, 11) is 4.50. The summed E-state index contributed by atoms with van der Waals surface area (Å²) in [4.78, 5) is 22.2. The Morgan fingerprint density at radius 2 is 1.79 bits per heavy atom. The molecule has 1 atom stereocenters. The number of hydrogen-bond donors (Lipinski definition) is 2. The second-order valence-corrected chi connectivity index (χ2v) is 9.34. The molecule has 8 heteroatoms. The van der Waals surface area contributed by atoms with Gasteiger partial charge in [0, 0.05) is 24.9 Å². The fourth-order valence-electron chi connectivity index (χ4n) is 4.67. The van der Waals surface area contributed by atoms with Gasteiger partial charge in [0.1, 0.15) is 5.52 Å². The van der Waals surface area contributed by atoms with Gasteiger partial charge < -0.3 is 14.8 Å². The summed E-state index contributed by atoms with van der Waals surface area (Å²) in [5.41, 5.74) is 4.83. The largest absolute Gasteiger partial charge is 0.353 e. The van der Waals surface area contributed by atoms with Crippen LogP contribution in [0.4, 0.5) is 5.82 Å². The van der Waals surface area contributed by atoms with Crippen molar-refractivity contribution in [3.63, 3.8) is 0 Å². The molecule has 0 spiro atoms. The zero-order valence-corrected chi connectivity index (χ0v) is 22.1. The molecule has 1 amide bonds. The van der Waals surface area contributed by atoms with Gasteiger partial charge in [-0.2, -0.15) is 0 Å². The van der Waals surface area contributed by atoms with Crippen LogP contribution in [0.15, 0.2) is 42.3 Å². The highest BCUT2D eigenvalue weighted by Gasteiger charge is 2.18. The number of nitrogens with one attached hydrogen (secondary N) is 2. The molecule has 1 unspecified atom stereocenters. The number of nitrogens with zero attached hydrogens (tertiary/aromatic N) is 3. The zero-order valence-electron chi connectivity index (χ0n) is 20.9. The van der Waals surface area contributed by atoms with Crippen molar-refractivity contribution in [1.82, 2.24) is 19.7 Å². The third kappa shape index (κ3) is 6.82. The number of hydrogen-bond acceptors (Lipinski definition) is 4. The van der Waals surface area contributed by atoms with Gasteiger partial charge in [0.25, 0.3) is 0 Å². The third-order valence-electron chi connectivity index (χ3n) is 6.74. The van der Waals surface area contributed by atoms with E-state index in [0.717, 1.165) is 46.7 Å². The second kappa shape index (κ2) is 13.5. The molecule has 2 aromatic rings. The predicted octanol–water partition coefficient (Wildman–Crippen LogP) is 4.35. The molecule has 1 fully saturated rings. The number of carbonyl (C=O) groups excluding carboxylic acids is 1. The minimum Gasteiger partial charge on any atom is -0.353 e. The molecule has 0 bridgehead atoms. The maximum atomic E-state index is 12.9. The summed E-state index contributed by atoms with van der Waals surface area (Å²) in [5, 5.41) is 6.29. The van der Waals surface area contributed by atoms with Crippen molar-refractivity contribution in [1.29, 1.82) is 0 Å². The maximum absolute atomic E-state index is 12.9. The average Bonchev–Trinajstić information content (AvgIpc) is 3.20. The van der Waals surface area contributed by atoms with Crippen molar-refractivity contribution in [2.24, 2.45) is 5.92 Å². The number of imidazole rings is 1. The Hall–Kier alpha value is -2.40. The number of amides is 1. The minimum atomic E-state index is 0.150. The highest BCUT2D eigenvalue weighted by atomic mass is 31.0. The molecule has 182 valence electrons. The summed E-state index contributed by atoms with van der Waals surface area (Å²) in [6.07, 6.45) is 22.8. The lowest BCUT2D eigenvalue weighted by molar-refractivity contribution is -0.125. The Morgan fingerprint density at radius 1 is 1.12 bits per heavy atom. The van der Waals surface area contributed by atoms with E-state index in [1.54, 1.807) is 6.20 Å². The van der Waals surface area contributed by atoms with E-state index in [4.69, 9.17) is 4.98 Å². The third-order valence-corrected chi connectivity index (χ3v) is 7.02. The molecule has 0 aromatic carbocycles. The summed E-state index contributed by atoms with van der Waals surface area (Å²) in [6, 6.07) is 0. The van der Waals surface area contributed by atoms with Crippen LogP contribution >= 0.6 is 9.39 Å². The number of carbonyl (C=O) groups is 1. The topological polar surface area (TPSA) is 71.3 Å². The Balaban J connectivity index is 1.67. The van der Waals surface area contributed by atoms with Crippen molar-refractivity contribution >= 4 is 45.8 Å². The van der Waals surface area contributed by atoms with Gasteiger partial charge >= 0.3 is 0 Å². The van der Waals surface area contributed by atoms with Crippen molar-refractivity contribution in [2.75, 3.05) is 11.6 Å². The Kier molecular flexibility index (Phi) is 10.4. The highest BCUT2D eigenvalue weighted by molar-refractivity contribution is 7.18. The minimum absolute atomic E-state index is 0.150. The van der Waals surface area contributed by atoms with Gasteiger partial charge in [-0.3, -0.25) is 4.79 Å². The second-order valence-electron chi connectivity index (χ2n) is 9.05. The molecule has 2 N–H and O–H groups in total. The molecule has 0 aliphatic heterocycles. The normalized spacial score (nSPS) is 17.3. The first-order chi connectivity index (χ1) is 16.6. The van der Waals surface area contributed by atoms with Gasteiger partial charge in [0.2, 0.25) is 5.91 Å². The van der Waals surface area contributed by atoms with Crippen LogP contribution in [-0.4, -0.2) is 34.7 Å². The summed E-state index contributed by atoms with van der Waals surface area (Å²) in [5.74, 6) is 1.12. The van der Waals surface area contributed by atoms with Crippen LogP contribution in [-0.2, 0) is 4.79 Å². The molecule has 1 aliphatic carbocycles. The van der Waals surface area contributed by atoms with Crippen molar-refractivity contribution in [3.05, 3.63) is 48.0 Å². The number of rotatable bonds is 7. The van der Waals surface area contributed by atoms with Crippen molar-refractivity contribution in [3.8, 4) is 0 Å². The Labute approximate surface area is 207 Å². The first-order valence-electron chi connectivity index (χ1n) is 12.7. The van der Waals surface area contributed by atoms with E-state index in [1.165, 1.54) is 44.9 Å². The Morgan fingerprint density at radius 3 is 2.41 bits per heavy atom. The smallest absolute Gasteiger partial charge is 0.223 e. The number of aromatic nitrogens is 3. The molecule has 6 nitrogen and oxygen atoms in total. The van der Waals surface area contributed by atoms with E-state index in [-0.39, 0.29) is 11.8 Å². The number of fused-ring (bicyclic) bond motifs is 1. The van der Waals surface area contributed by atoms with E-state index >= 15 is 0 Å². The van der Waals surface area contributed by atoms with Gasteiger partial charge in [-0.1, -0.05) is 69.2 Å². The van der Waals surface area contributed by atoms with Gasteiger partial charge in [0.05, 0.1) is 11.4 Å². The summed E-state index contributed by atoms with van der Waals surface area (Å²) in [6.45, 7) is 4.57. The molecular weight excluding hydrogens is 440 g/mol. The van der Waals surface area contributed by atoms with E-state index < -0.39 is 0 Å². The standard InChI is InChI=1S/C26H39BN5OP/c1-3-19(18-29-25(33)21-12-10-8-6-5-7-9-11-13-21)14-15-20(4-2)22-23-24(31-34)28-16-17-32(23)26(27)30-22/h3-4,14-17,21H,5-13,18,27,34H2,1-2H3,(H,28,31)(H,29,33)/b15-14-,19-3+,20-4+. The van der Waals surface area contributed by atoms with Gasteiger partial charge in [-0.05, 0) is 47.2 Å². The van der Waals surface area contributed by atoms with Crippen LogP contribution in [0.25, 0.3) is 11.1 Å². The Bertz CT molecular complexity index is 1050. The van der Waals surface area contributed by atoms with Crippen LogP contribution in [0.5, 0.6) is 0 Å². The van der Waals surface area contributed by atoms with E-state index in [1.807, 2.05) is 32.3 Å². The van der Waals surface area contributed by atoms with E-state index in [9.17, 15) is 4.79 Å². The first kappa shape index (κ1) is 26.2. The molecule has 1 saturated carbocycles. The molecule has 0 saturated heterocycles. The van der Waals surface area contributed by atoms with Gasteiger partial charge in [-0.25, -0.2) is 9.97 Å². The average molecular weight is 479 g/mol. The van der Waals surface area contributed by atoms with Gasteiger partial charge in [-0.15, -0.1) is 0 Å². The van der Waals surface area contributed by atoms with Crippen molar-refractivity contribution < 1.29 is 4.79 Å². The van der Waals surface area contributed by atoms with Crippen LogP contribution in [0, 0.1) is 5.92 Å². The summed E-state index contributed by atoms with van der Waals surface area (Å²) < 4.78 is 2.04. The SMILES string of the molecule is Bc1nc(C(/C=C\C(=C/C)CNC(=O)C2CCCCCCCCC2)=C/C)c2c(NP)nccn12. The lowest BCUT2D eigenvalue weighted by atomic mass is 9.91. The number of allylic oxidation sites excluding steroid dienone is 4. The van der Waals surface area contributed by atoms with E-state index in [2.05, 4.69) is 49.1 Å². The molecule has 1 aliphatic rings. The van der Waals surface area contributed by atoms with E-state index in [0.29, 0.717) is 6.54 Å². The van der Waals surface area contributed by atoms with Crippen molar-refractivity contribution in [2.45, 2.75) is 71.6 Å². The monoisotopic (exact) mass is 479 g/mol. The zero-order chi connectivity index (χ0) is 24.3. The fraction of sp³-hybridized carbons (Fsp3) is 0.500. The molecule has 2 aromatic heterocycles. The highest BCUT2D eigenvalue weighted by Crippen LogP contribution is 2.25. The maximum Gasteiger partial charge on any atom is 0.223 e. The molecular formula is C26H39BN5OP.